The van der Waals surface area contributed by atoms with Crippen molar-refractivity contribution in [2.45, 2.75) is 33.2 Å². The molecule has 18 heavy (non-hydrogen) atoms. The third-order valence-corrected chi connectivity index (χ3v) is 2.60. The Hall–Kier alpha value is -0.610. The predicted octanol–water partition coefficient (Wildman–Crippen LogP) is 3.65. The average Bonchev–Trinajstić information content (AvgIpc) is 2.35. The highest BCUT2D eigenvalue weighted by Gasteiger charge is 2.07. The van der Waals surface area contributed by atoms with Crippen molar-refractivity contribution in [1.82, 2.24) is 0 Å². The summed E-state index contributed by atoms with van der Waals surface area (Å²) in [4.78, 5) is 0. The van der Waals surface area contributed by atoms with E-state index in [0.29, 0.717) is 26.4 Å². The number of ether oxygens (including phenoxy) is 3. The van der Waals surface area contributed by atoms with Gasteiger partial charge in [-0.05, 0) is 31.5 Å². The molecule has 1 rings (SSSR count). The van der Waals surface area contributed by atoms with Crippen LogP contribution in [0, 0.1) is 0 Å². The maximum Gasteiger partial charge on any atom is 0.159 e. The Morgan fingerprint density at radius 2 is 1.89 bits per heavy atom. The molecule has 0 heterocycles. The summed E-state index contributed by atoms with van der Waals surface area (Å²) in [7, 11) is 0. The molecule has 0 amide bonds. The van der Waals surface area contributed by atoms with Crippen LogP contribution in [-0.4, -0.2) is 26.1 Å². The molecule has 0 spiro atoms. The second-order valence-corrected chi connectivity index (χ2v) is 4.25. The highest BCUT2D eigenvalue weighted by molar-refractivity contribution is 6.30. The van der Waals surface area contributed by atoms with Gasteiger partial charge in [-0.25, -0.2) is 0 Å². The van der Waals surface area contributed by atoms with Crippen molar-refractivity contribution < 1.29 is 14.2 Å². The minimum atomic E-state index is -0.167. The second-order valence-electron chi connectivity index (χ2n) is 3.81. The normalized spacial score (nSPS) is 11.1. The summed E-state index contributed by atoms with van der Waals surface area (Å²) in [6.45, 7) is 6.39. The number of hydrogen-bond donors (Lipinski definition) is 0. The van der Waals surface area contributed by atoms with Gasteiger partial charge in [0.15, 0.2) is 6.29 Å². The molecule has 0 N–H and O–H groups in total. The number of rotatable bonds is 9. The summed E-state index contributed by atoms with van der Waals surface area (Å²) in [6.07, 6.45) is 0.571. The highest BCUT2D eigenvalue weighted by atomic mass is 35.5. The molecule has 0 aliphatic heterocycles. The van der Waals surface area contributed by atoms with E-state index < -0.39 is 0 Å². The van der Waals surface area contributed by atoms with Crippen LogP contribution in [0.2, 0.25) is 5.02 Å². The van der Waals surface area contributed by atoms with Gasteiger partial charge < -0.3 is 14.2 Å². The van der Waals surface area contributed by atoms with E-state index in [2.05, 4.69) is 0 Å². The van der Waals surface area contributed by atoms with Crippen LogP contribution in [-0.2, 0) is 20.8 Å². The molecule has 0 unspecified atom stereocenters. The molecule has 1 aromatic rings. The van der Waals surface area contributed by atoms with Gasteiger partial charge in [-0.2, -0.15) is 0 Å². The van der Waals surface area contributed by atoms with E-state index in [1.165, 1.54) is 0 Å². The van der Waals surface area contributed by atoms with E-state index in [4.69, 9.17) is 25.8 Å². The Bertz CT molecular complexity index is 325. The van der Waals surface area contributed by atoms with Crippen LogP contribution >= 0.6 is 11.6 Å². The van der Waals surface area contributed by atoms with Gasteiger partial charge in [-0.1, -0.05) is 23.7 Å². The third-order valence-electron chi connectivity index (χ3n) is 2.36. The van der Waals surface area contributed by atoms with E-state index in [1.807, 2.05) is 38.1 Å². The first-order chi connectivity index (χ1) is 8.76. The van der Waals surface area contributed by atoms with Gasteiger partial charge in [0.2, 0.25) is 0 Å². The molecule has 0 aliphatic carbocycles. The van der Waals surface area contributed by atoms with E-state index in [-0.39, 0.29) is 6.29 Å². The molecule has 0 atom stereocenters. The SMILES string of the molecule is CCOC(CCOCc1cccc(Cl)c1)OCC. The first-order valence-corrected chi connectivity index (χ1v) is 6.69. The summed E-state index contributed by atoms with van der Waals surface area (Å²) in [5.74, 6) is 0. The van der Waals surface area contributed by atoms with Gasteiger partial charge in [-0.3, -0.25) is 0 Å². The zero-order chi connectivity index (χ0) is 13.2. The molecule has 102 valence electrons. The van der Waals surface area contributed by atoms with Crippen molar-refractivity contribution in [3.8, 4) is 0 Å². The van der Waals surface area contributed by atoms with Crippen molar-refractivity contribution in [2.75, 3.05) is 19.8 Å². The summed E-state index contributed by atoms with van der Waals surface area (Å²) >= 11 is 5.90. The lowest BCUT2D eigenvalue weighted by atomic mass is 10.2. The molecule has 0 bridgehead atoms. The van der Waals surface area contributed by atoms with Crippen LogP contribution in [0.5, 0.6) is 0 Å². The molecule has 1 aromatic carbocycles. The summed E-state index contributed by atoms with van der Waals surface area (Å²) in [6, 6.07) is 7.67. The fourth-order valence-electron chi connectivity index (χ4n) is 1.58. The van der Waals surface area contributed by atoms with Crippen LogP contribution in [0.3, 0.4) is 0 Å². The van der Waals surface area contributed by atoms with Gasteiger partial charge in [0, 0.05) is 24.7 Å². The zero-order valence-corrected chi connectivity index (χ0v) is 11.8. The molecule has 0 aromatic heterocycles. The fraction of sp³-hybridized carbons (Fsp3) is 0.571. The van der Waals surface area contributed by atoms with Gasteiger partial charge in [0.1, 0.15) is 0 Å². The molecule has 0 aliphatic rings. The molecule has 0 radical (unpaired) electrons. The lowest BCUT2D eigenvalue weighted by Crippen LogP contribution is -2.19. The van der Waals surface area contributed by atoms with Crippen LogP contribution in [0.4, 0.5) is 0 Å². The minimum absolute atomic E-state index is 0.167. The first kappa shape index (κ1) is 15.4. The zero-order valence-electron chi connectivity index (χ0n) is 11.0. The maximum atomic E-state index is 5.90. The van der Waals surface area contributed by atoms with Crippen molar-refractivity contribution in [3.05, 3.63) is 34.9 Å². The highest BCUT2D eigenvalue weighted by Crippen LogP contribution is 2.11. The molecule has 0 saturated carbocycles. The summed E-state index contributed by atoms with van der Waals surface area (Å²) in [5, 5.41) is 0.734. The molecule has 0 saturated heterocycles. The lowest BCUT2D eigenvalue weighted by Gasteiger charge is -2.16. The van der Waals surface area contributed by atoms with Crippen LogP contribution < -0.4 is 0 Å². The summed E-state index contributed by atoms with van der Waals surface area (Å²) < 4.78 is 16.4. The van der Waals surface area contributed by atoms with E-state index in [1.54, 1.807) is 0 Å². The van der Waals surface area contributed by atoms with E-state index in [9.17, 15) is 0 Å². The third kappa shape index (κ3) is 6.36. The summed E-state index contributed by atoms with van der Waals surface area (Å²) in [5.41, 5.74) is 1.08. The molecule has 4 heteroatoms. The second kappa shape index (κ2) is 9.34. The Balaban J connectivity index is 2.20. The van der Waals surface area contributed by atoms with Crippen molar-refractivity contribution >= 4 is 11.6 Å². The molecule has 3 nitrogen and oxygen atoms in total. The Morgan fingerprint density at radius 1 is 1.17 bits per heavy atom. The Kier molecular flexibility index (Phi) is 8.01. The van der Waals surface area contributed by atoms with Crippen molar-refractivity contribution in [2.24, 2.45) is 0 Å². The minimum Gasteiger partial charge on any atom is -0.377 e. The predicted molar refractivity (Wildman–Crippen MR) is 72.8 cm³/mol. The van der Waals surface area contributed by atoms with Gasteiger partial charge >= 0.3 is 0 Å². The van der Waals surface area contributed by atoms with E-state index in [0.717, 1.165) is 17.0 Å². The quantitative estimate of drug-likeness (QED) is 0.507. The van der Waals surface area contributed by atoms with Gasteiger partial charge in [0.05, 0.1) is 13.2 Å². The Labute approximate surface area is 114 Å². The monoisotopic (exact) mass is 272 g/mol. The molecular weight excluding hydrogens is 252 g/mol. The van der Waals surface area contributed by atoms with Crippen LogP contribution in [0.15, 0.2) is 24.3 Å². The van der Waals surface area contributed by atoms with Gasteiger partial charge in [0.25, 0.3) is 0 Å². The number of hydrogen-bond acceptors (Lipinski definition) is 3. The first-order valence-electron chi connectivity index (χ1n) is 6.31. The standard InChI is InChI=1S/C14H21ClO3/c1-3-17-14(18-4-2)8-9-16-11-12-6-5-7-13(15)10-12/h5-7,10,14H,3-4,8-9,11H2,1-2H3. The smallest absolute Gasteiger partial charge is 0.159 e. The number of halogens is 1. The van der Waals surface area contributed by atoms with E-state index >= 15 is 0 Å². The maximum absolute atomic E-state index is 5.90. The Morgan fingerprint density at radius 3 is 2.50 bits per heavy atom. The molecular formula is C14H21ClO3. The van der Waals surface area contributed by atoms with Crippen LogP contribution in [0.1, 0.15) is 25.8 Å². The molecule has 0 fully saturated rings. The van der Waals surface area contributed by atoms with Crippen LogP contribution in [0.25, 0.3) is 0 Å². The van der Waals surface area contributed by atoms with Gasteiger partial charge in [-0.15, -0.1) is 0 Å². The lowest BCUT2D eigenvalue weighted by molar-refractivity contribution is -0.147. The van der Waals surface area contributed by atoms with Crippen molar-refractivity contribution in [1.29, 1.82) is 0 Å². The largest absolute Gasteiger partial charge is 0.377 e. The fourth-order valence-corrected chi connectivity index (χ4v) is 1.80. The average molecular weight is 273 g/mol. The topological polar surface area (TPSA) is 27.7 Å². The number of benzene rings is 1. The van der Waals surface area contributed by atoms with Crippen molar-refractivity contribution in [3.63, 3.8) is 0 Å².